The molecule has 0 spiro atoms. The van der Waals surface area contributed by atoms with Crippen LogP contribution < -0.4 is 0 Å². The van der Waals surface area contributed by atoms with Crippen LogP contribution in [0.1, 0.15) is 37.3 Å². The molecule has 0 aliphatic heterocycles. The normalized spacial score (nSPS) is 23.3. The summed E-state index contributed by atoms with van der Waals surface area (Å²) in [5.74, 6) is 0.455. The Morgan fingerprint density at radius 2 is 2.16 bits per heavy atom. The number of aromatic nitrogens is 1. The number of rotatable bonds is 3. The fourth-order valence-corrected chi connectivity index (χ4v) is 3.44. The van der Waals surface area contributed by atoms with Crippen molar-refractivity contribution in [3.63, 3.8) is 0 Å². The number of hydrogen-bond acceptors (Lipinski definition) is 1. The molecule has 19 heavy (non-hydrogen) atoms. The summed E-state index contributed by atoms with van der Waals surface area (Å²) in [7, 11) is 2.11. The van der Waals surface area contributed by atoms with Gasteiger partial charge in [0, 0.05) is 24.1 Å². The van der Waals surface area contributed by atoms with Gasteiger partial charge in [0.15, 0.2) is 0 Å². The largest absolute Gasteiger partial charge is 0.393 e. The Balaban J connectivity index is 1.98. The highest BCUT2D eigenvalue weighted by atomic mass is 16.3. The van der Waals surface area contributed by atoms with E-state index in [1.165, 1.54) is 34.9 Å². The molecule has 2 atom stereocenters. The van der Waals surface area contributed by atoms with E-state index in [4.69, 9.17) is 0 Å². The minimum absolute atomic E-state index is 0.0930. The number of benzene rings is 1. The average molecular weight is 257 g/mol. The summed E-state index contributed by atoms with van der Waals surface area (Å²) in [6, 6.07) is 6.77. The molecule has 0 radical (unpaired) electrons. The summed E-state index contributed by atoms with van der Waals surface area (Å²) in [6.45, 7) is 2.20. The molecule has 1 aliphatic carbocycles. The molecular formula is C17H23NO. The van der Waals surface area contributed by atoms with Crippen molar-refractivity contribution in [1.29, 1.82) is 0 Å². The minimum atomic E-state index is -0.0930. The molecule has 1 aromatic carbocycles. The fraction of sp³-hybridized carbons (Fsp3) is 0.529. The van der Waals surface area contributed by atoms with E-state index in [2.05, 4.69) is 42.9 Å². The van der Waals surface area contributed by atoms with Gasteiger partial charge in [-0.2, -0.15) is 0 Å². The van der Waals surface area contributed by atoms with Gasteiger partial charge in [0.05, 0.1) is 6.10 Å². The summed E-state index contributed by atoms with van der Waals surface area (Å²) in [5.41, 5.74) is 4.10. The Kier molecular flexibility index (Phi) is 3.36. The molecular weight excluding hydrogens is 234 g/mol. The zero-order chi connectivity index (χ0) is 13.4. The van der Waals surface area contributed by atoms with Gasteiger partial charge in [0.1, 0.15) is 0 Å². The Morgan fingerprint density at radius 1 is 1.32 bits per heavy atom. The highest BCUT2D eigenvalue weighted by Crippen LogP contribution is 2.32. The van der Waals surface area contributed by atoms with Gasteiger partial charge in [-0.15, -0.1) is 0 Å². The lowest BCUT2D eigenvalue weighted by atomic mass is 9.95. The highest BCUT2D eigenvalue weighted by Gasteiger charge is 2.26. The van der Waals surface area contributed by atoms with Gasteiger partial charge < -0.3 is 9.67 Å². The van der Waals surface area contributed by atoms with Crippen molar-refractivity contribution in [1.82, 2.24) is 4.57 Å². The lowest BCUT2D eigenvalue weighted by molar-refractivity contribution is 0.133. The van der Waals surface area contributed by atoms with Crippen LogP contribution in [0.25, 0.3) is 10.9 Å². The van der Waals surface area contributed by atoms with Crippen molar-refractivity contribution in [2.24, 2.45) is 13.0 Å². The average Bonchev–Trinajstić information content (AvgIpc) is 2.95. The molecule has 2 unspecified atom stereocenters. The van der Waals surface area contributed by atoms with Gasteiger partial charge in [0.2, 0.25) is 0 Å². The van der Waals surface area contributed by atoms with Gasteiger partial charge in [0.25, 0.3) is 0 Å². The van der Waals surface area contributed by atoms with Crippen LogP contribution in [0.4, 0.5) is 0 Å². The summed E-state index contributed by atoms with van der Waals surface area (Å²) in [5, 5.41) is 11.4. The van der Waals surface area contributed by atoms with Gasteiger partial charge in [-0.3, -0.25) is 0 Å². The van der Waals surface area contributed by atoms with E-state index < -0.39 is 0 Å². The molecule has 0 amide bonds. The second kappa shape index (κ2) is 5.01. The van der Waals surface area contributed by atoms with E-state index in [1.54, 1.807) is 0 Å². The molecule has 1 aliphatic rings. The van der Waals surface area contributed by atoms with E-state index >= 15 is 0 Å². The minimum Gasteiger partial charge on any atom is -0.393 e. The van der Waals surface area contributed by atoms with Crippen molar-refractivity contribution in [3.8, 4) is 0 Å². The lowest BCUT2D eigenvalue weighted by Gasteiger charge is -2.13. The molecule has 2 aromatic rings. The molecule has 1 heterocycles. The first-order chi connectivity index (χ1) is 9.19. The molecule has 1 saturated carbocycles. The number of aryl methyl sites for hydroxylation is 2. The third-order valence-corrected chi connectivity index (χ3v) is 4.65. The summed E-state index contributed by atoms with van der Waals surface area (Å²) in [4.78, 5) is 0. The van der Waals surface area contributed by atoms with E-state index in [0.29, 0.717) is 5.92 Å². The molecule has 1 aromatic heterocycles. The molecule has 1 fully saturated rings. The van der Waals surface area contributed by atoms with Gasteiger partial charge in [-0.25, -0.2) is 0 Å². The van der Waals surface area contributed by atoms with Crippen molar-refractivity contribution in [2.45, 2.75) is 45.1 Å². The summed E-state index contributed by atoms with van der Waals surface area (Å²) in [6.07, 6.45) is 7.58. The zero-order valence-corrected chi connectivity index (χ0v) is 11.9. The van der Waals surface area contributed by atoms with Crippen LogP contribution in [0, 0.1) is 5.92 Å². The van der Waals surface area contributed by atoms with Gasteiger partial charge >= 0.3 is 0 Å². The van der Waals surface area contributed by atoms with E-state index in [0.717, 1.165) is 19.3 Å². The third-order valence-electron chi connectivity index (χ3n) is 4.65. The van der Waals surface area contributed by atoms with E-state index in [9.17, 15) is 5.11 Å². The Bertz CT molecular complexity index is 584. The predicted octanol–water partition coefficient (Wildman–Crippen LogP) is 3.44. The quantitative estimate of drug-likeness (QED) is 0.895. The standard InChI is InChI=1S/C17H23NO/c1-3-12-7-8-16-15(9-12)14(11-18(16)2)10-13-5-4-6-17(13)19/h7-9,11,13,17,19H,3-6,10H2,1-2H3. The lowest BCUT2D eigenvalue weighted by Crippen LogP contribution is -2.15. The first-order valence-corrected chi connectivity index (χ1v) is 7.44. The van der Waals surface area contributed by atoms with Crippen molar-refractivity contribution in [3.05, 3.63) is 35.5 Å². The van der Waals surface area contributed by atoms with Crippen LogP contribution in [-0.2, 0) is 19.9 Å². The summed E-state index contributed by atoms with van der Waals surface area (Å²) < 4.78 is 2.21. The maximum Gasteiger partial charge on any atom is 0.0571 e. The maximum absolute atomic E-state index is 10.0. The number of fused-ring (bicyclic) bond motifs is 1. The van der Waals surface area contributed by atoms with Gasteiger partial charge in [-0.05, 0) is 54.9 Å². The van der Waals surface area contributed by atoms with Crippen molar-refractivity contribution >= 4 is 10.9 Å². The van der Waals surface area contributed by atoms with Crippen LogP contribution in [-0.4, -0.2) is 15.8 Å². The molecule has 3 rings (SSSR count). The first kappa shape index (κ1) is 12.7. The molecule has 0 saturated heterocycles. The number of hydrogen-bond donors (Lipinski definition) is 1. The van der Waals surface area contributed by atoms with Crippen LogP contribution in [0.3, 0.4) is 0 Å². The molecule has 2 nitrogen and oxygen atoms in total. The molecule has 0 bridgehead atoms. The topological polar surface area (TPSA) is 25.2 Å². The number of nitrogens with zero attached hydrogens (tertiary/aromatic N) is 1. The van der Waals surface area contributed by atoms with Crippen molar-refractivity contribution < 1.29 is 5.11 Å². The van der Waals surface area contributed by atoms with Crippen LogP contribution >= 0.6 is 0 Å². The summed E-state index contributed by atoms with van der Waals surface area (Å²) >= 11 is 0. The Hall–Kier alpha value is -1.28. The third kappa shape index (κ3) is 2.30. The Labute approximate surface area is 115 Å². The van der Waals surface area contributed by atoms with E-state index in [-0.39, 0.29) is 6.10 Å². The van der Waals surface area contributed by atoms with Crippen LogP contribution in [0.15, 0.2) is 24.4 Å². The smallest absolute Gasteiger partial charge is 0.0571 e. The predicted molar refractivity (Wildman–Crippen MR) is 79.3 cm³/mol. The first-order valence-electron chi connectivity index (χ1n) is 7.44. The Morgan fingerprint density at radius 3 is 2.84 bits per heavy atom. The monoisotopic (exact) mass is 257 g/mol. The van der Waals surface area contributed by atoms with Crippen LogP contribution in [0.2, 0.25) is 0 Å². The van der Waals surface area contributed by atoms with Crippen LogP contribution in [0.5, 0.6) is 0 Å². The maximum atomic E-state index is 10.0. The van der Waals surface area contributed by atoms with E-state index in [1.807, 2.05) is 0 Å². The van der Waals surface area contributed by atoms with Crippen molar-refractivity contribution in [2.75, 3.05) is 0 Å². The SMILES string of the molecule is CCc1ccc2c(c1)c(CC1CCCC1O)cn2C. The highest BCUT2D eigenvalue weighted by molar-refractivity contribution is 5.84. The second-order valence-electron chi connectivity index (χ2n) is 5.93. The molecule has 102 valence electrons. The second-order valence-corrected chi connectivity index (χ2v) is 5.93. The number of aliphatic hydroxyl groups is 1. The molecule has 1 N–H and O–H groups in total. The zero-order valence-electron chi connectivity index (χ0n) is 11.9. The van der Waals surface area contributed by atoms with Gasteiger partial charge in [-0.1, -0.05) is 19.4 Å². The number of aliphatic hydroxyl groups excluding tert-OH is 1. The molecule has 2 heteroatoms. The fourth-order valence-electron chi connectivity index (χ4n) is 3.44.